The fourth-order valence-electron chi connectivity index (χ4n) is 5.28. The average Bonchev–Trinajstić information content (AvgIpc) is 2.49. The van der Waals surface area contributed by atoms with Crippen molar-refractivity contribution in [3.63, 3.8) is 0 Å². The van der Waals surface area contributed by atoms with E-state index in [2.05, 4.69) is 0 Å². The summed E-state index contributed by atoms with van der Waals surface area (Å²) in [6.07, 6.45) is 6.68. The molecule has 0 spiro atoms. The highest BCUT2D eigenvalue weighted by Gasteiger charge is 2.46. The first-order valence-electron chi connectivity index (χ1n) is 8.35. The third-order valence-corrected chi connectivity index (χ3v) is 6.43. The minimum atomic E-state index is 0.179. The van der Waals surface area contributed by atoms with Gasteiger partial charge in [-0.3, -0.25) is 0 Å². The highest BCUT2D eigenvalue weighted by molar-refractivity contribution is 6.33. The summed E-state index contributed by atoms with van der Waals surface area (Å²) in [5.74, 6) is 4.26. The Morgan fingerprint density at radius 1 is 1.09 bits per heavy atom. The summed E-state index contributed by atoms with van der Waals surface area (Å²) in [7, 11) is 1.74. The number of ether oxygens (including phenoxy) is 1. The molecule has 4 bridgehead atoms. The molecule has 0 aliphatic heterocycles. The van der Waals surface area contributed by atoms with Crippen LogP contribution in [0.1, 0.15) is 43.2 Å². The van der Waals surface area contributed by atoms with Gasteiger partial charge in [0.1, 0.15) is 11.5 Å². The van der Waals surface area contributed by atoms with Crippen molar-refractivity contribution in [3.05, 3.63) is 33.9 Å². The van der Waals surface area contributed by atoms with Crippen molar-refractivity contribution < 1.29 is 9.84 Å². The van der Waals surface area contributed by atoms with Gasteiger partial charge in [0.15, 0.2) is 0 Å². The Hall–Kier alpha value is -1.15. The molecule has 0 heterocycles. The normalized spacial score (nSPS) is 32.4. The van der Waals surface area contributed by atoms with Crippen molar-refractivity contribution in [1.82, 2.24) is 0 Å². The van der Waals surface area contributed by atoms with Crippen molar-refractivity contribution in [1.29, 1.82) is 0 Å². The highest BCUT2D eigenvalue weighted by atomic mass is 35.5. The highest BCUT2D eigenvalue weighted by Crippen LogP contribution is 2.58. The number of allylic oxidation sites excluding steroid dienone is 1. The molecule has 1 N–H and O–H groups in total. The minimum Gasteiger partial charge on any atom is -0.506 e. The third kappa shape index (κ3) is 2.07. The Balaban J connectivity index is 1.83. The van der Waals surface area contributed by atoms with E-state index in [1.165, 1.54) is 37.7 Å². The van der Waals surface area contributed by atoms with Crippen LogP contribution in [0.2, 0.25) is 5.02 Å². The Morgan fingerprint density at radius 3 is 2.23 bits per heavy atom. The van der Waals surface area contributed by atoms with Crippen molar-refractivity contribution in [2.75, 3.05) is 7.11 Å². The number of methoxy groups -OCH3 is 1. The number of hydrogen-bond donors (Lipinski definition) is 1. The van der Waals surface area contributed by atoms with E-state index in [4.69, 9.17) is 16.3 Å². The maximum atomic E-state index is 10.2. The lowest BCUT2D eigenvalue weighted by Crippen LogP contribution is -2.40. The fraction of sp³-hybridized carbons (Fsp3) is 0.579. The average molecular weight is 319 g/mol. The second kappa shape index (κ2) is 5.19. The lowest BCUT2D eigenvalue weighted by Gasteiger charge is -2.51. The van der Waals surface area contributed by atoms with Gasteiger partial charge in [-0.1, -0.05) is 17.7 Å². The molecule has 0 radical (unpaired) electrons. The smallest absolute Gasteiger partial charge is 0.137 e. The summed E-state index contributed by atoms with van der Waals surface area (Å²) in [5.41, 5.74) is 3.13. The zero-order valence-electron chi connectivity index (χ0n) is 13.2. The fourth-order valence-corrected chi connectivity index (χ4v) is 5.58. The number of halogens is 1. The Bertz CT molecular complexity index is 617. The third-order valence-electron chi connectivity index (χ3n) is 6.05. The molecule has 0 aromatic heterocycles. The van der Waals surface area contributed by atoms with Gasteiger partial charge in [0.25, 0.3) is 0 Å². The molecule has 4 aliphatic carbocycles. The summed E-state index contributed by atoms with van der Waals surface area (Å²) in [6.45, 7) is 1.87. The largest absolute Gasteiger partial charge is 0.506 e. The number of rotatable bonds is 2. The molecule has 4 fully saturated rings. The number of phenolic OH excluding ortho intramolecular Hbond substituents is 1. The van der Waals surface area contributed by atoms with E-state index >= 15 is 0 Å². The number of hydrogen-bond acceptors (Lipinski definition) is 2. The van der Waals surface area contributed by atoms with Crippen LogP contribution in [0, 0.1) is 30.6 Å². The molecule has 2 nitrogen and oxygen atoms in total. The van der Waals surface area contributed by atoms with Crippen LogP contribution in [0.25, 0.3) is 5.76 Å². The van der Waals surface area contributed by atoms with Crippen LogP contribution < -0.4 is 0 Å². The number of aromatic hydroxyl groups is 1. The summed E-state index contributed by atoms with van der Waals surface area (Å²) in [6, 6.07) is 3.92. The molecule has 5 rings (SSSR count). The summed E-state index contributed by atoms with van der Waals surface area (Å²) >= 11 is 6.42. The van der Waals surface area contributed by atoms with Crippen molar-refractivity contribution in [2.24, 2.45) is 23.7 Å². The molecule has 4 aliphatic rings. The van der Waals surface area contributed by atoms with Gasteiger partial charge in [0, 0.05) is 5.56 Å². The number of aryl methyl sites for hydroxylation is 1. The van der Waals surface area contributed by atoms with Gasteiger partial charge in [-0.05, 0) is 79.9 Å². The lowest BCUT2D eigenvalue weighted by molar-refractivity contribution is 0.0675. The molecular weight excluding hydrogens is 296 g/mol. The maximum Gasteiger partial charge on any atom is 0.137 e. The van der Waals surface area contributed by atoms with Gasteiger partial charge in [-0.2, -0.15) is 0 Å². The van der Waals surface area contributed by atoms with Crippen molar-refractivity contribution >= 4 is 17.4 Å². The van der Waals surface area contributed by atoms with Gasteiger partial charge < -0.3 is 9.84 Å². The second-order valence-corrected chi connectivity index (χ2v) is 7.76. The number of benzene rings is 1. The van der Waals surface area contributed by atoms with E-state index < -0.39 is 0 Å². The molecule has 22 heavy (non-hydrogen) atoms. The molecule has 4 saturated carbocycles. The van der Waals surface area contributed by atoms with Crippen LogP contribution in [-0.2, 0) is 4.74 Å². The van der Waals surface area contributed by atoms with Crippen molar-refractivity contribution in [3.8, 4) is 5.75 Å². The molecular formula is C19H23ClO2. The molecule has 118 valence electrons. The first-order valence-corrected chi connectivity index (χ1v) is 8.72. The first-order chi connectivity index (χ1) is 10.6. The summed E-state index contributed by atoms with van der Waals surface area (Å²) in [5, 5.41) is 10.6. The van der Waals surface area contributed by atoms with Crippen LogP contribution in [-0.4, -0.2) is 12.2 Å². The molecule has 1 aromatic carbocycles. The quantitative estimate of drug-likeness (QED) is 0.762. The molecule has 0 unspecified atom stereocenters. The minimum absolute atomic E-state index is 0.179. The number of phenols is 1. The molecule has 0 saturated heterocycles. The van der Waals surface area contributed by atoms with E-state index in [-0.39, 0.29) is 5.75 Å². The summed E-state index contributed by atoms with van der Waals surface area (Å²) in [4.78, 5) is 0. The Morgan fingerprint density at radius 2 is 1.68 bits per heavy atom. The van der Waals surface area contributed by atoms with Crippen molar-refractivity contribution in [2.45, 2.75) is 39.0 Å². The summed E-state index contributed by atoms with van der Waals surface area (Å²) < 4.78 is 5.82. The van der Waals surface area contributed by atoms with Gasteiger partial charge in [0.2, 0.25) is 0 Å². The molecule has 0 amide bonds. The topological polar surface area (TPSA) is 29.5 Å². The Labute approximate surface area is 137 Å². The van der Waals surface area contributed by atoms with Gasteiger partial charge >= 0.3 is 0 Å². The lowest BCUT2D eigenvalue weighted by atomic mass is 9.54. The second-order valence-electron chi connectivity index (χ2n) is 7.39. The van der Waals surface area contributed by atoms with Crippen LogP contribution in [0.3, 0.4) is 0 Å². The monoisotopic (exact) mass is 318 g/mol. The van der Waals surface area contributed by atoms with Crippen LogP contribution in [0.5, 0.6) is 5.75 Å². The van der Waals surface area contributed by atoms with E-state index in [0.29, 0.717) is 16.9 Å². The standard InChI is InChI=1S/C19H23ClO2/c1-10-3-4-15(17(20)18(10)21)19(22-2)16-13-6-11-5-12(8-13)9-14(16)7-11/h3-4,11-14,21H,5-9H2,1-2H3. The van der Waals surface area contributed by atoms with E-state index in [1.54, 1.807) is 7.11 Å². The zero-order chi connectivity index (χ0) is 15.4. The first kappa shape index (κ1) is 14.4. The maximum absolute atomic E-state index is 10.2. The van der Waals surface area contributed by atoms with Crippen LogP contribution in [0.4, 0.5) is 0 Å². The molecule has 0 atom stereocenters. The van der Waals surface area contributed by atoms with Crippen LogP contribution in [0.15, 0.2) is 17.7 Å². The SMILES string of the molecule is COC(=C1C2CC3CC(C2)CC1C3)c1ccc(C)c(O)c1Cl. The van der Waals surface area contributed by atoms with Gasteiger partial charge in [0.05, 0.1) is 12.1 Å². The Kier molecular flexibility index (Phi) is 3.41. The van der Waals surface area contributed by atoms with E-state index in [1.807, 2.05) is 19.1 Å². The van der Waals surface area contributed by atoms with Gasteiger partial charge in [-0.15, -0.1) is 0 Å². The van der Waals surface area contributed by atoms with Gasteiger partial charge in [-0.25, -0.2) is 0 Å². The van der Waals surface area contributed by atoms with E-state index in [0.717, 1.165) is 28.7 Å². The van der Waals surface area contributed by atoms with Crippen LogP contribution >= 0.6 is 11.6 Å². The molecule has 3 heteroatoms. The van der Waals surface area contributed by atoms with E-state index in [9.17, 15) is 5.11 Å². The predicted molar refractivity (Wildman–Crippen MR) is 88.8 cm³/mol. The zero-order valence-corrected chi connectivity index (χ0v) is 14.0. The predicted octanol–water partition coefficient (Wildman–Crippen LogP) is 5.17. The molecule has 1 aromatic rings.